The fraction of sp³-hybridized carbons (Fsp3) is 0.176. The van der Waals surface area contributed by atoms with Gasteiger partial charge in [-0.05, 0) is 47.9 Å². The Morgan fingerprint density at radius 1 is 1.13 bits per heavy atom. The van der Waals surface area contributed by atoms with E-state index in [2.05, 4.69) is 11.4 Å². The lowest BCUT2D eigenvalue weighted by atomic mass is 9.98. The number of hydrogen-bond acceptors (Lipinski definition) is 2. The van der Waals surface area contributed by atoms with E-state index in [0.29, 0.717) is 34.4 Å². The third-order valence-electron chi connectivity index (χ3n) is 3.81. The predicted octanol–water partition coefficient (Wildman–Crippen LogP) is 4.46. The molecule has 1 N–H and O–H groups in total. The molecule has 1 aliphatic rings. The number of hydrogen-bond donors (Lipinski definition) is 1. The van der Waals surface area contributed by atoms with Crippen molar-refractivity contribution in [1.82, 2.24) is 4.90 Å². The Hall–Kier alpha value is -2.22. The molecule has 0 aliphatic carbocycles. The van der Waals surface area contributed by atoms with Crippen LogP contribution in [-0.4, -0.2) is 17.5 Å². The zero-order valence-corrected chi connectivity index (χ0v) is 13.7. The van der Waals surface area contributed by atoms with Gasteiger partial charge < -0.3 is 10.2 Å². The highest BCUT2D eigenvalue weighted by molar-refractivity contribution is 6.42. The average Bonchev–Trinajstić information content (AvgIpc) is 2.57. The summed E-state index contributed by atoms with van der Waals surface area (Å²) in [5, 5.41) is 12.6. The van der Waals surface area contributed by atoms with Gasteiger partial charge in [0.2, 0.25) is 0 Å². The molecule has 6 heteroatoms. The molecule has 0 unspecified atom stereocenters. The van der Waals surface area contributed by atoms with Gasteiger partial charge >= 0.3 is 6.03 Å². The second kappa shape index (κ2) is 6.49. The molecular formula is C17H13Cl2N3O. The average molecular weight is 346 g/mol. The molecule has 0 aromatic heterocycles. The van der Waals surface area contributed by atoms with Crippen molar-refractivity contribution in [3.8, 4) is 6.07 Å². The summed E-state index contributed by atoms with van der Waals surface area (Å²) >= 11 is 11.8. The van der Waals surface area contributed by atoms with Gasteiger partial charge in [-0.1, -0.05) is 29.3 Å². The Balaban J connectivity index is 1.73. The predicted molar refractivity (Wildman–Crippen MR) is 90.8 cm³/mol. The van der Waals surface area contributed by atoms with Crippen LogP contribution < -0.4 is 5.32 Å². The molecule has 0 atom stereocenters. The molecule has 2 amide bonds. The number of amides is 2. The standard InChI is InChI=1S/C17H13Cl2N3O/c18-15-4-3-14(8-16(15)19)21-17(23)22-6-5-12-2-1-11(9-20)7-13(12)10-22/h1-4,7-8H,5-6,10H2,(H,21,23). The summed E-state index contributed by atoms with van der Waals surface area (Å²) in [5.41, 5.74) is 3.40. The van der Waals surface area contributed by atoms with E-state index < -0.39 is 0 Å². The van der Waals surface area contributed by atoms with Crippen molar-refractivity contribution in [1.29, 1.82) is 5.26 Å². The molecule has 1 heterocycles. The number of nitriles is 1. The van der Waals surface area contributed by atoms with Gasteiger partial charge in [0, 0.05) is 18.8 Å². The minimum Gasteiger partial charge on any atom is -0.320 e. The van der Waals surface area contributed by atoms with E-state index in [0.717, 1.165) is 12.0 Å². The lowest BCUT2D eigenvalue weighted by Gasteiger charge is -2.29. The summed E-state index contributed by atoms with van der Waals surface area (Å²) in [6.07, 6.45) is 0.774. The van der Waals surface area contributed by atoms with Crippen LogP contribution in [0.4, 0.5) is 10.5 Å². The molecule has 0 saturated heterocycles. The van der Waals surface area contributed by atoms with Crippen LogP contribution in [0, 0.1) is 11.3 Å². The van der Waals surface area contributed by atoms with E-state index in [1.54, 1.807) is 23.1 Å². The number of fused-ring (bicyclic) bond motifs is 1. The molecule has 0 spiro atoms. The highest BCUT2D eigenvalue weighted by Gasteiger charge is 2.21. The third kappa shape index (κ3) is 3.42. The Bertz CT molecular complexity index is 814. The smallest absolute Gasteiger partial charge is 0.320 e. The van der Waals surface area contributed by atoms with E-state index in [9.17, 15) is 4.79 Å². The lowest BCUT2D eigenvalue weighted by Crippen LogP contribution is -2.38. The van der Waals surface area contributed by atoms with Crippen LogP contribution in [0.2, 0.25) is 10.0 Å². The highest BCUT2D eigenvalue weighted by atomic mass is 35.5. The van der Waals surface area contributed by atoms with Gasteiger partial charge in [0.15, 0.2) is 0 Å². The van der Waals surface area contributed by atoms with Crippen LogP contribution in [0.25, 0.3) is 0 Å². The van der Waals surface area contributed by atoms with Gasteiger partial charge in [0.1, 0.15) is 0 Å². The summed E-state index contributed by atoms with van der Waals surface area (Å²) < 4.78 is 0. The van der Waals surface area contributed by atoms with Crippen molar-refractivity contribution >= 4 is 34.9 Å². The number of nitrogens with zero attached hydrogens (tertiary/aromatic N) is 2. The normalized spacial score (nSPS) is 13.2. The number of benzene rings is 2. The minimum atomic E-state index is -0.198. The maximum Gasteiger partial charge on any atom is 0.322 e. The van der Waals surface area contributed by atoms with Crippen LogP contribution in [0.15, 0.2) is 36.4 Å². The molecule has 2 aromatic rings. The van der Waals surface area contributed by atoms with Crippen LogP contribution in [0.1, 0.15) is 16.7 Å². The van der Waals surface area contributed by atoms with Crippen LogP contribution in [-0.2, 0) is 13.0 Å². The van der Waals surface area contributed by atoms with Crippen LogP contribution in [0.5, 0.6) is 0 Å². The Labute approximate surface area is 144 Å². The van der Waals surface area contributed by atoms with E-state index >= 15 is 0 Å². The largest absolute Gasteiger partial charge is 0.322 e. The van der Waals surface area contributed by atoms with Gasteiger partial charge in [0.05, 0.1) is 21.7 Å². The number of nitrogens with one attached hydrogen (secondary N) is 1. The highest BCUT2D eigenvalue weighted by Crippen LogP contribution is 2.26. The first-order chi connectivity index (χ1) is 11.1. The minimum absolute atomic E-state index is 0.198. The quantitative estimate of drug-likeness (QED) is 0.829. The van der Waals surface area contributed by atoms with E-state index in [4.69, 9.17) is 28.5 Å². The maximum absolute atomic E-state index is 12.4. The second-order valence-corrected chi connectivity index (χ2v) is 6.14. The van der Waals surface area contributed by atoms with Crippen molar-refractivity contribution < 1.29 is 4.79 Å². The Kier molecular flexibility index (Phi) is 4.42. The molecule has 2 aromatic carbocycles. The number of carbonyl (C=O) groups excluding carboxylic acids is 1. The lowest BCUT2D eigenvalue weighted by molar-refractivity contribution is 0.206. The van der Waals surface area contributed by atoms with Crippen molar-refractivity contribution in [2.75, 3.05) is 11.9 Å². The summed E-state index contributed by atoms with van der Waals surface area (Å²) in [7, 11) is 0. The molecule has 0 saturated carbocycles. The number of halogens is 2. The summed E-state index contributed by atoms with van der Waals surface area (Å²) in [4.78, 5) is 14.1. The van der Waals surface area contributed by atoms with E-state index in [-0.39, 0.29) is 6.03 Å². The maximum atomic E-state index is 12.4. The summed E-state index contributed by atoms with van der Waals surface area (Å²) in [6.45, 7) is 1.12. The molecule has 1 aliphatic heterocycles. The molecule has 3 rings (SSSR count). The summed E-state index contributed by atoms with van der Waals surface area (Å²) in [5.74, 6) is 0. The zero-order valence-electron chi connectivity index (χ0n) is 12.1. The molecular weight excluding hydrogens is 333 g/mol. The van der Waals surface area contributed by atoms with Crippen molar-refractivity contribution in [3.63, 3.8) is 0 Å². The molecule has 0 bridgehead atoms. The van der Waals surface area contributed by atoms with Crippen LogP contribution >= 0.6 is 23.2 Å². The van der Waals surface area contributed by atoms with Gasteiger partial charge in [0.25, 0.3) is 0 Å². The third-order valence-corrected chi connectivity index (χ3v) is 4.54. The fourth-order valence-corrected chi connectivity index (χ4v) is 2.87. The van der Waals surface area contributed by atoms with Crippen molar-refractivity contribution in [3.05, 3.63) is 63.1 Å². The SMILES string of the molecule is N#Cc1ccc2c(c1)CN(C(=O)Nc1ccc(Cl)c(Cl)c1)CC2. The van der Waals surface area contributed by atoms with Gasteiger partial charge in [-0.3, -0.25) is 0 Å². The fourth-order valence-electron chi connectivity index (χ4n) is 2.58. The second-order valence-electron chi connectivity index (χ2n) is 5.33. The molecule has 0 fully saturated rings. The molecule has 116 valence electrons. The van der Waals surface area contributed by atoms with Crippen molar-refractivity contribution in [2.24, 2.45) is 0 Å². The monoisotopic (exact) mass is 345 g/mol. The summed E-state index contributed by atoms with van der Waals surface area (Å²) in [6, 6.07) is 12.5. The number of carbonyl (C=O) groups is 1. The Morgan fingerprint density at radius 2 is 1.96 bits per heavy atom. The van der Waals surface area contributed by atoms with Gasteiger partial charge in [-0.25, -0.2) is 4.79 Å². The molecule has 0 radical (unpaired) electrons. The van der Waals surface area contributed by atoms with E-state index in [1.165, 1.54) is 5.56 Å². The van der Waals surface area contributed by atoms with Crippen molar-refractivity contribution in [2.45, 2.75) is 13.0 Å². The number of rotatable bonds is 1. The Morgan fingerprint density at radius 3 is 2.70 bits per heavy atom. The first-order valence-corrected chi connectivity index (χ1v) is 7.85. The van der Waals surface area contributed by atoms with Gasteiger partial charge in [-0.2, -0.15) is 5.26 Å². The molecule has 4 nitrogen and oxygen atoms in total. The van der Waals surface area contributed by atoms with Crippen LogP contribution in [0.3, 0.4) is 0 Å². The topological polar surface area (TPSA) is 56.1 Å². The zero-order chi connectivity index (χ0) is 16.4. The molecule has 23 heavy (non-hydrogen) atoms. The first kappa shape index (κ1) is 15.7. The number of urea groups is 1. The number of anilines is 1. The first-order valence-electron chi connectivity index (χ1n) is 7.09. The van der Waals surface area contributed by atoms with Gasteiger partial charge in [-0.15, -0.1) is 0 Å². The van der Waals surface area contributed by atoms with E-state index in [1.807, 2.05) is 18.2 Å².